The summed E-state index contributed by atoms with van der Waals surface area (Å²) in [5.74, 6) is 0. The van der Waals surface area contributed by atoms with Gasteiger partial charge in [-0.2, -0.15) is 0 Å². The lowest BCUT2D eigenvalue weighted by Crippen LogP contribution is -2.18. The molecule has 0 aromatic carbocycles. The Kier molecular flexibility index (Phi) is 2.05. The summed E-state index contributed by atoms with van der Waals surface area (Å²) in [6, 6.07) is 0. The number of hydrogen-bond acceptors (Lipinski definition) is 5. The lowest BCUT2D eigenvalue weighted by Gasteiger charge is -2.18. The number of nitrogens with two attached hydrogens (primary N) is 2. The Hall–Kier alpha value is -2.08. The SMILES string of the molecule is Nc1c(N)c2c3c(ncc2[nH]c1=O)CCOC3. The van der Waals surface area contributed by atoms with Crippen LogP contribution in [-0.4, -0.2) is 16.6 Å². The van der Waals surface area contributed by atoms with E-state index in [4.69, 9.17) is 16.2 Å². The number of rotatable bonds is 0. The highest BCUT2D eigenvalue weighted by atomic mass is 16.5. The number of nitrogen functional groups attached to an aromatic ring is 2. The molecule has 88 valence electrons. The van der Waals surface area contributed by atoms with Crippen molar-refractivity contribution in [3.8, 4) is 0 Å². The second-order valence-electron chi connectivity index (χ2n) is 4.06. The molecule has 0 atom stereocenters. The number of aromatic nitrogens is 2. The van der Waals surface area contributed by atoms with Crippen LogP contribution < -0.4 is 17.0 Å². The second kappa shape index (κ2) is 3.46. The molecule has 0 radical (unpaired) electrons. The third-order valence-electron chi connectivity index (χ3n) is 3.05. The molecule has 0 saturated heterocycles. The molecule has 17 heavy (non-hydrogen) atoms. The standard InChI is InChI=1S/C11H12N4O2/c12-9-8-5-4-17-2-1-6(5)14-3-7(8)15-11(16)10(9)13/h3H,1-2,4,13H2,(H3,12,15,16). The van der Waals surface area contributed by atoms with Crippen LogP contribution in [0, 0.1) is 0 Å². The number of anilines is 2. The van der Waals surface area contributed by atoms with Gasteiger partial charge >= 0.3 is 0 Å². The van der Waals surface area contributed by atoms with E-state index >= 15 is 0 Å². The van der Waals surface area contributed by atoms with Crippen molar-refractivity contribution in [1.82, 2.24) is 9.97 Å². The molecule has 3 rings (SSSR count). The Morgan fingerprint density at radius 3 is 3.00 bits per heavy atom. The molecule has 0 amide bonds. The van der Waals surface area contributed by atoms with Crippen LogP contribution in [0.4, 0.5) is 11.4 Å². The molecule has 0 fully saturated rings. The lowest BCUT2D eigenvalue weighted by atomic mass is 10.0. The van der Waals surface area contributed by atoms with Gasteiger partial charge in [0.15, 0.2) is 0 Å². The van der Waals surface area contributed by atoms with E-state index in [1.54, 1.807) is 6.20 Å². The van der Waals surface area contributed by atoms with Crippen LogP contribution in [-0.2, 0) is 17.8 Å². The fourth-order valence-electron chi connectivity index (χ4n) is 2.15. The summed E-state index contributed by atoms with van der Waals surface area (Å²) in [5.41, 5.74) is 14.0. The van der Waals surface area contributed by atoms with Crippen molar-refractivity contribution in [2.45, 2.75) is 13.0 Å². The van der Waals surface area contributed by atoms with E-state index in [2.05, 4.69) is 9.97 Å². The number of nitrogens with zero attached hydrogens (tertiary/aromatic N) is 1. The maximum absolute atomic E-state index is 11.5. The van der Waals surface area contributed by atoms with Crippen LogP contribution in [0.2, 0.25) is 0 Å². The Balaban J connectivity index is 2.46. The van der Waals surface area contributed by atoms with Crippen LogP contribution in [0.1, 0.15) is 11.3 Å². The van der Waals surface area contributed by atoms with Gasteiger partial charge in [-0.15, -0.1) is 0 Å². The highest BCUT2D eigenvalue weighted by molar-refractivity contribution is 5.97. The number of hydrogen-bond donors (Lipinski definition) is 3. The van der Waals surface area contributed by atoms with Crippen molar-refractivity contribution < 1.29 is 4.74 Å². The van der Waals surface area contributed by atoms with Crippen LogP contribution in [0.3, 0.4) is 0 Å². The second-order valence-corrected chi connectivity index (χ2v) is 4.06. The van der Waals surface area contributed by atoms with Gasteiger partial charge in [-0.05, 0) is 0 Å². The van der Waals surface area contributed by atoms with Crippen molar-refractivity contribution in [2.24, 2.45) is 0 Å². The third kappa shape index (κ3) is 1.38. The summed E-state index contributed by atoms with van der Waals surface area (Å²) in [4.78, 5) is 18.5. The highest BCUT2D eigenvalue weighted by Gasteiger charge is 2.18. The smallest absolute Gasteiger partial charge is 0.273 e. The Morgan fingerprint density at radius 2 is 2.18 bits per heavy atom. The number of fused-ring (bicyclic) bond motifs is 3. The first kappa shape index (κ1) is 10.1. The molecule has 2 aromatic heterocycles. The number of pyridine rings is 2. The monoisotopic (exact) mass is 232 g/mol. The maximum Gasteiger partial charge on any atom is 0.273 e. The summed E-state index contributed by atoms with van der Waals surface area (Å²) in [6.45, 7) is 1.11. The average molecular weight is 232 g/mol. The van der Waals surface area contributed by atoms with E-state index in [1.165, 1.54) is 0 Å². The zero-order chi connectivity index (χ0) is 12.0. The van der Waals surface area contributed by atoms with Gasteiger partial charge in [-0.25, -0.2) is 0 Å². The van der Waals surface area contributed by atoms with Crippen molar-refractivity contribution >= 4 is 22.3 Å². The minimum Gasteiger partial charge on any atom is -0.396 e. The summed E-state index contributed by atoms with van der Waals surface area (Å²) in [6.07, 6.45) is 2.38. The first-order chi connectivity index (χ1) is 8.18. The largest absolute Gasteiger partial charge is 0.396 e. The van der Waals surface area contributed by atoms with E-state index in [-0.39, 0.29) is 11.2 Å². The first-order valence-electron chi connectivity index (χ1n) is 5.34. The van der Waals surface area contributed by atoms with Gasteiger partial charge in [0.1, 0.15) is 5.69 Å². The summed E-state index contributed by atoms with van der Waals surface area (Å²) in [5, 5.41) is 0.756. The Morgan fingerprint density at radius 1 is 1.35 bits per heavy atom. The molecular formula is C11H12N4O2. The molecule has 0 aliphatic carbocycles. The van der Waals surface area contributed by atoms with E-state index in [9.17, 15) is 4.79 Å². The van der Waals surface area contributed by atoms with Crippen LogP contribution in [0.15, 0.2) is 11.0 Å². The Bertz CT molecular complexity index is 663. The van der Waals surface area contributed by atoms with E-state index in [0.29, 0.717) is 24.4 Å². The minimum absolute atomic E-state index is 0.0523. The van der Waals surface area contributed by atoms with Crippen molar-refractivity contribution in [1.29, 1.82) is 0 Å². The van der Waals surface area contributed by atoms with Gasteiger partial charge in [-0.3, -0.25) is 9.78 Å². The summed E-state index contributed by atoms with van der Waals surface area (Å²) in [7, 11) is 0. The fourth-order valence-corrected chi connectivity index (χ4v) is 2.15. The van der Waals surface area contributed by atoms with Gasteiger partial charge in [0.05, 0.1) is 30.6 Å². The number of aromatic amines is 1. The molecule has 0 bridgehead atoms. The minimum atomic E-state index is -0.381. The van der Waals surface area contributed by atoms with Crippen LogP contribution >= 0.6 is 0 Å². The molecule has 1 aliphatic heterocycles. The first-order valence-corrected chi connectivity index (χ1v) is 5.34. The zero-order valence-electron chi connectivity index (χ0n) is 9.12. The average Bonchev–Trinajstić information content (AvgIpc) is 2.35. The normalized spacial score (nSPS) is 14.8. The molecule has 6 nitrogen and oxygen atoms in total. The van der Waals surface area contributed by atoms with Crippen LogP contribution in [0.5, 0.6) is 0 Å². The molecule has 2 aromatic rings. The molecule has 0 saturated carbocycles. The fraction of sp³-hybridized carbons (Fsp3) is 0.273. The van der Waals surface area contributed by atoms with E-state index < -0.39 is 0 Å². The van der Waals surface area contributed by atoms with Crippen LogP contribution in [0.25, 0.3) is 10.9 Å². The molecule has 1 aliphatic rings. The topological polar surface area (TPSA) is 107 Å². The molecule has 6 heteroatoms. The molecule has 0 spiro atoms. The summed E-state index contributed by atoms with van der Waals surface area (Å²) < 4.78 is 5.40. The van der Waals surface area contributed by atoms with Crippen molar-refractivity contribution in [2.75, 3.05) is 18.1 Å². The molecular weight excluding hydrogens is 220 g/mol. The van der Waals surface area contributed by atoms with Gasteiger partial charge in [0.25, 0.3) is 5.56 Å². The van der Waals surface area contributed by atoms with Gasteiger partial charge < -0.3 is 21.2 Å². The van der Waals surface area contributed by atoms with Crippen molar-refractivity contribution in [3.63, 3.8) is 0 Å². The number of nitrogens with one attached hydrogen (secondary N) is 1. The molecule has 5 N–H and O–H groups in total. The van der Waals surface area contributed by atoms with E-state index in [1.807, 2.05) is 0 Å². The number of ether oxygens (including phenoxy) is 1. The van der Waals surface area contributed by atoms with Crippen molar-refractivity contribution in [3.05, 3.63) is 27.8 Å². The van der Waals surface area contributed by atoms with Gasteiger partial charge in [0, 0.05) is 23.1 Å². The Labute approximate surface area is 96.6 Å². The highest BCUT2D eigenvalue weighted by Crippen LogP contribution is 2.29. The molecule has 3 heterocycles. The third-order valence-corrected chi connectivity index (χ3v) is 3.05. The predicted octanol–water partition coefficient (Wildman–Crippen LogP) is 0.160. The lowest BCUT2D eigenvalue weighted by molar-refractivity contribution is 0.110. The number of H-pyrrole nitrogens is 1. The quantitative estimate of drug-likeness (QED) is 0.599. The van der Waals surface area contributed by atoms with Gasteiger partial charge in [-0.1, -0.05) is 0 Å². The predicted molar refractivity (Wildman–Crippen MR) is 64.5 cm³/mol. The maximum atomic E-state index is 11.5. The van der Waals surface area contributed by atoms with E-state index in [0.717, 1.165) is 23.1 Å². The summed E-state index contributed by atoms with van der Waals surface area (Å²) >= 11 is 0. The zero-order valence-corrected chi connectivity index (χ0v) is 9.12. The van der Waals surface area contributed by atoms with Gasteiger partial charge in [0.2, 0.25) is 0 Å². The molecule has 0 unspecified atom stereocenters.